The minimum Gasteiger partial charge on any atom is -0.381 e. The summed E-state index contributed by atoms with van der Waals surface area (Å²) in [5.74, 6) is 0. The molecule has 4 nitrogen and oxygen atoms in total. The van der Waals surface area contributed by atoms with Crippen LogP contribution < -0.4 is 18.9 Å². The maximum absolute atomic E-state index is 4.94. The molecule has 4 saturated heterocycles. The third kappa shape index (κ3) is 16.6. The van der Waals surface area contributed by atoms with Gasteiger partial charge in [0.15, 0.2) is 0 Å². The zero-order valence-corrected chi connectivity index (χ0v) is 13.9. The fourth-order valence-electron chi connectivity index (χ4n) is 2.04. The van der Waals surface area contributed by atoms with Crippen LogP contribution >= 0.6 is 0 Å². The molecule has 0 aromatic heterocycles. The Morgan fingerprint density at radius 2 is 0.429 bits per heavy atom. The second kappa shape index (κ2) is 18.5. The van der Waals surface area contributed by atoms with Crippen LogP contribution in [0, 0.1) is 0 Å². The van der Waals surface area contributed by atoms with E-state index in [2.05, 4.69) is 0 Å². The van der Waals surface area contributed by atoms with Crippen LogP contribution in [0.1, 0.15) is 51.4 Å². The summed E-state index contributed by atoms with van der Waals surface area (Å²) in [6.07, 6.45) is 10.2. The molecule has 0 N–H and O–H groups in total. The molecule has 0 aromatic carbocycles. The van der Waals surface area contributed by atoms with Gasteiger partial charge in [-0.15, -0.1) is 0 Å². The van der Waals surface area contributed by atoms with Gasteiger partial charge in [-0.05, 0) is 51.4 Å². The summed E-state index contributed by atoms with van der Waals surface area (Å²) in [4.78, 5) is 0. The van der Waals surface area contributed by atoms with Gasteiger partial charge in [0.05, 0.1) is 0 Å². The van der Waals surface area contributed by atoms with Gasteiger partial charge in [-0.1, -0.05) is 0 Å². The van der Waals surface area contributed by atoms with Crippen LogP contribution in [0.15, 0.2) is 0 Å². The first-order valence-corrected chi connectivity index (χ1v) is 8.31. The average Bonchev–Trinajstić information content (AvgIpc) is 3.40. The summed E-state index contributed by atoms with van der Waals surface area (Å²) in [7, 11) is 0. The van der Waals surface area contributed by atoms with Crippen LogP contribution in [-0.2, 0) is 18.9 Å². The molecule has 4 rings (SSSR count). The molecule has 0 radical (unpaired) electrons. The van der Waals surface area contributed by atoms with Gasteiger partial charge < -0.3 is 18.9 Å². The molecule has 0 aromatic rings. The molecule has 0 atom stereocenters. The molecule has 0 unspecified atom stereocenters. The Morgan fingerprint density at radius 1 is 0.286 bits per heavy atom. The third-order valence-corrected chi connectivity index (χ3v) is 3.31. The van der Waals surface area contributed by atoms with Crippen LogP contribution in [0.4, 0.5) is 0 Å². The minimum absolute atomic E-state index is 0. The summed E-state index contributed by atoms with van der Waals surface area (Å²) in [5.41, 5.74) is 0. The molecule has 4 aliphatic rings. The summed E-state index contributed by atoms with van der Waals surface area (Å²) in [6.45, 7) is 8.00. The number of ether oxygens (including phenoxy) is 4. The molecule has 120 valence electrons. The molecule has 0 saturated carbocycles. The second-order valence-electron chi connectivity index (χ2n) is 5.28. The number of hydrogen-bond acceptors (Lipinski definition) is 4. The van der Waals surface area contributed by atoms with Gasteiger partial charge in [0.1, 0.15) is 0 Å². The van der Waals surface area contributed by atoms with Crippen molar-refractivity contribution in [1.82, 2.24) is 0 Å². The van der Waals surface area contributed by atoms with E-state index in [1.54, 1.807) is 0 Å². The molecule has 4 heterocycles. The Kier molecular flexibility index (Phi) is 18.9. The van der Waals surface area contributed by atoms with Gasteiger partial charge >= 0.3 is 18.9 Å². The van der Waals surface area contributed by atoms with Gasteiger partial charge in [-0.3, -0.25) is 0 Å². The summed E-state index contributed by atoms with van der Waals surface area (Å²) in [6, 6.07) is 0. The van der Waals surface area contributed by atoms with Crippen LogP contribution in [0.5, 0.6) is 0 Å². The van der Waals surface area contributed by atoms with Gasteiger partial charge in [0.25, 0.3) is 0 Å². The zero-order chi connectivity index (χ0) is 14.1. The van der Waals surface area contributed by atoms with E-state index in [1.165, 1.54) is 51.4 Å². The van der Waals surface area contributed by atoms with E-state index in [4.69, 9.17) is 18.9 Å². The summed E-state index contributed by atoms with van der Waals surface area (Å²) < 4.78 is 19.8. The van der Waals surface area contributed by atoms with Crippen molar-refractivity contribution in [2.24, 2.45) is 0 Å². The quantitative estimate of drug-likeness (QED) is 0.598. The van der Waals surface area contributed by atoms with Crippen molar-refractivity contribution in [1.29, 1.82) is 0 Å². The van der Waals surface area contributed by atoms with Gasteiger partial charge in [0, 0.05) is 52.9 Å². The van der Waals surface area contributed by atoms with E-state index >= 15 is 0 Å². The van der Waals surface area contributed by atoms with Gasteiger partial charge in [-0.25, -0.2) is 0 Å². The molecule has 21 heavy (non-hydrogen) atoms. The standard InChI is InChI=1S/4C4H8O.Li/c4*1-2-4-5-3-1;/h4*1-4H2;/q;;;;+1. The van der Waals surface area contributed by atoms with E-state index in [-0.39, 0.29) is 18.9 Å². The second-order valence-corrected chi connectivity index (χ2v) is 5.28. The fourth-order valence-corrected chi connectivity index (χ4v) is 2.04. The van der Waals surface area contributed by atoms with Crippen molar-refractivity contribution >= 4 is 0 Å². The molecule has 0 aliphatic carbocycles. The molecular weight excluding hydrogens is 263 g/mol. The molecule has 0 amide bonds. The van der Waals surface area contributed by atoms with E-state index in [0.717, 1.165) is 52.9 Å². The smallest absolute Gasteiger partial charge is 0.381 e. The van der Waals surface area contributed by atoms with Crippen LogP contribution in [0.3, 0.4) is 0 Å². The van der Waals surface area contributed by atoms with Crippen molar-refractivity contribution in [3.05, 3.63) is 0 Å². The monoisotopic (exact) mass is 295 g/mol. The first-order valence-electron chi connectivity index (χ1n) is 8.31. The molecule has 5 heteroatoms. The van der Waals surface area contributed by atoms with Crippen molar-refractivity contribution in [2.75, 3.05) is 52.9 Å². The van der Waals surface area contributed by atoms with Gasteiger partial charge in [-0.2, -0.15) is 0 Å². The Hall–Kier alpha value is 0.437. The predicted octanol–water partition coefficient (Wildman–Crippen LogP) is 0.191. The van der Waals surface area contributed by atoms with Crippen LogP contribution in [0.25, 0.3) is 0 Å². The topological polar surface area (TPSA) is 36.9 Å². The van der Waals surface area contributed by atoms with Crippen molar-refractivity contribution in [3.8, 4) is 0 Å². The fraction of sp³-hybridized carbons (Fsp3) is 1.00. The third-order valence-electron chi connectivity index (χ3n) is 3.31. The minimum atomic E-state index is 0. The molecule has 0 spiro atoms. The van der Waals surface area contributed by atoms with Crippen molar-refractivity contribution in [2.45, 2.75) is 51.4 Å². The first kappa shape index (κ1) is 21.4. The Labute approximate surface area is 142 Å². The number of rotatable bonds is 0. The van der Waals surface area contributed by atoms with E-state index in [0.29, 0.717) is 0 Å². The van der Waals surface area contributed by atoms with E-state index in [9.17, 15) is 0 Å². The van der Waals surface area contributed by atoms with E-state index < -0.39 is 0 Å². The predicted molar refractivity (Wildman–Crippen MR) is 80.2 cm³/mol. The SMILES string of the molecule is C1CCOC1.C1CCOC1.C1CCOC1.C1CCOC1.[Li+]. The summed E-state index contributed by atoms with van der Waals surface area (Å²) in [5, 5.41) is 0. The largest absolute Gasteiger partial charge is 1.00 e. The average molecular weight is 295 g/mol. The number of hydrogen-bond donors (Lipinski definition) is 0. The Morgan fingerprint density at radius 3 is 0.476 bits per heavy atom. The maximum atomic E-state index is 4.94. The first-order chi connectivity index (χ1) is 10.0. The molecule has 4 aliphatic heterocycles. The van der Waals surface area contributed by atoms with Crippen LogP contribution in [0.2, 0.25) is 0 Å². The zero-order valence-electron chi connectivity index (χ0n) is 13.9. The van der Waals surface area contributed by atoms with Gasteiger partial charge in [0.2, 0.25) is 0 Å². The Bertz CT molecular complexity index is 107. The molecule has 0 bridgehead atoms. The van der Waals surface area contributed by atoms with Crippen molar-refractivity contribution in [3.63, 3.8) is 0 Å². The maximum Gasteiger partial charge on any atom is 1.00 e. The Balaban J connectivity index is 0.000000250. The molecule has 4 fully saturated rings. The van der Waals surface area contributed by atoms with Crippen molar-refractivity contribution < 1.29 is 37.8 Å². The van der Waals surface area contributed by atoms with Crippen LogP contribution in [-0.4, -0.2) is 52.9 Å². The van der Waals surface area contributed by atoms with E-state index in [1.807, 2.05) is 0 Å². The normalized spacial score (nSPS) is 22.9. The summed E-state index contributed by atoms with van der Waals surface area (Å²) >= 11 is 0. The molecular formula is C16H32LiO4+.